The van der Waals surface area contributed by atoms with Crippen LogP contribution in [0.3, 0.4) is 0 Å². The molecule has 0 amide bonds. The van der Waals surface area contributed by atoms with Crippen LogP contribution in [-0.4, -0.2) is 23.5 Å². The molecule has 1 aromatic carbocycles. The van der Waals surface area contributed by atoms with Gasteiger partial charge in [0.15, 0.2) is 0 Å². The van der Waals surface area contributed by atoms with Gasteiger partial charge in [0.1, 0.15) is 23.5 Å². The Hall–Kier alpha value is -1.95. The van der Waals surface area contributed by atoms with Gasteiger partial charge in [-0.05, 0) is 19.9 Å². The molecule has 1 N–H and O–H groups in total. The van der Waals surface area contributed by atoms with Crippen LogP contribution in [0.1, 0.15) is 22.8 Å². The lowest BCUT2D eigenvalue weighted by Gasteiger charge is -2.08. The van der Waals surface area contributed by atoms with Gasteiger partial charge in [0, 0.05) is 11.1 Å². The predicted molar refractivity (Wildman–Crippen MR) is 67.8 cm³/mol. The van der Waals surface area contributed by atoms with Crippen molar-refractivity contribution in [2.24, 2.45) is 0 Å². The molecule has 0 aliphatic carbocycles. The summed E-state index contributed by atoms with van der Waals surface area (Å²) in [6.07, 6.45) is 0.719. The van der Waals surface area contributed by atoms with E-state index in [4.69, 9.17) is 21.4 Å². The second-order valence-electron chi connectivity index (χ2n) is 3.78. The maximum Gasteiger partial charge on any atom is 0.342 e. The van der Waals surface area contributed by atoms with Crippen molar-refractivity contribution in [1.82, 2.24) is 0 Å². The Morgan fingerprint density at radius 2 is 2.05 bits per heavy atom. The van der Waals surface area contributed by atoms with E-state index >= 15 is 0 Å². The van der Waals surface area contributed by atoms with E-state index in [9.17, 15) is 18.4 Å². The number of carboxylic acids is 1. The average Bonchev–Trinajstić information content (AvgIpc) is 2.40. The van der Waals surface area contributed by atoms with Crippen molar-refractivity contribution in [2.45, 2.75) is 13.8 Å². The first kappa shape index (κ1) is 16.1. The van der Waals surface area contributed by atoms with E-state index < -0.39 is 39.5 Å². The Kier molecular flexibility index (Phi) is 5.21. The molecule has 0 aromatic heterocycles. The number of carbonyl (C=O) groups is 2. The lowest BCUT2D eigenvalue weighted by Crippen LogP contribution is -2.15. The van der Waals surface area contributed by atoms with Crippen molar-refractivity contribution >= 4 is 23.4 Å². The predicted octanol–water partition coefficient (Wildman–Crippen LogP) is 3.11. The molecule has 0 atom stereocenters. The van der Waals surface area contributed by atoms with Gasteiger partial charge in [-0.15, -0.1) is 0 Å². The van der Waals surface area contributed by atoms with E-state index in [0.717, 1.165) is 13.2 Å². The van der Waals surface area contributed by atoms with E-state index in [1.165, 1.54) is 0 Å². The molecule has 0 saturated carbocycles. The molecule has 0 spiro atoms. The minimum atomic E-state index is -1.58. The highest BCUT2D eigenvalue weighted by Crippen LogP contribution is 2.27. The summed E-state index contributed by atoms with van der Waals surface area (Å²) in [5, 5.41) is 8.29. The Balaban J connectivity index is 3.37. The maximum absolute atomic E-state index is 13.6. The zero-order valence-electron chi connectivity index (χ0n) is 10.7. The number of aliphatic carboxylic acids is 1. The Morgan fingerprint density at radius 1 is 1.45 bits per heavy atom. The highest BCUT2D eigenvalue weighted by atomic mass is 35.5. The molecule has 20 heavy (non-hydrogen) atoms. The molecule has 4 nitrogen and oxygen atoms in total. The van der Waals surface area contributed by atoms with Crippen LogP contribution in [0.15, 0.2) is 17.9 Å². The molecule has 0 aliphatic rings. The molecule has 0 fully saturated rings. The molecule has 0 radical (unpaired) electrons. The Labute approximate surface area is 118 Å². The summed E-state index contributed by atoms with van der Waals surface area (Å²) in [6, 6.07) is 0.700. The van der Waals surface area contributed by atoms with Crippen LogP contribution in [-0.2, 0) is 9.53 Å². The molecule has 1 rings (SSSR count). The van der Waals surface area contributed by atoms with Crippen molar-refractivity contribution in [1.29, 1.82) is 0 Å². The van der Waals surface area contributed by atoms with Gasteiger partial charge in [-0.2, -0.15) is 0 Å². The van der Waals surface area contributed by atoms with Crippen LogP contribution in [0.25, 0.3) is 0 Å². The van der Waals surface area contributed by atoms with Crippen molar-refractivity contribution in [2.75, 3.05) is 6.61 Å². The number of rotatable bonds is 5. The molecule has 7 heteroatoms. The average molecular weight is 305 g/mol. The monoisotopic (exact) mass is 304 g/mol. The number of hydrogen-bond acceptors (Lipinski definition) is 3. The van der Waals surface area contributed by atoms with Crippen LogP contribution in [0, 0.1) is 18.6 Å². The number of ether oxygens (including phenoxy) is 1. The van der Waals surface area contributed by atoms with Gasteiger partial charge in [-0.25, -0.2) is 13.6 Å². The summed E-state index contributed by atoms with van der Waals surface area (Å²) in [7, 11) is 0. The number of halogens is 3. The van der Waals surface area contributed by atoms with Crippen LogP contribution in [0.4, 0.5) is 8.78 Å². The minimum absolute atomic E-state index is 0.133. The van der Waals surface area contributed by atoms with Crippen LogP contribution < -0.4 is 0 Å². The number of Topliss-reactive ketones (excluding diaryl/α,β-unsaturated/α-hetero) is 1. The van der Waals surface area contributed by atoms with Crippen molar-refractivity contribution in [3.63, 3.8) is 0 Å². The normalized spacial score (nSPS) is 11.3. The SMILES string of the molecule is CCO/C=C(\C(=O)O)C(=O)c1cc(F)c(C)c(F)c1Cl. The smallest absolute Gasteiger partial charge is 0.342 e. The summed E-state index contributed by atoms with van der Waals surface area (Å²) in [5.74, 6) is -4.80. The molecule has 0 unspecified atom stereocenters. The maximum atomic E-state index is 13.6. The van der Waals surface area contributed by atoms with Gasteiger partial charge in [-0.1, -0.05) is 11.6 Å². The fraction of sp³-hybridized carbons (Fsp3) is 0.231. The second-order valence-corrected chi connectivity index (χ2v) is 4.16. The first-order valence-electron chi connectivity index (χ1n) is 5.55. The molecular weight excluding hydrogens is 294 g/mol. The fourth-order valence-corrected chi connectivity index (χ4v) is 1.65. The first-order chi connectivity index (χ1) is 9.31. The van der Waals surface area contributed by atoms with Gasteiger partial charge >= 0.3 is 5.97 Å². The van der Waals surface area contributed by atoms with Gasteiger partial charge in [-0.3, -0.25) is 4.79 Å². The fourth-order valence-electron chi connectivity index (χ4n) is 1.36. The van der Waals surface area contributed by atoms with Crippen LogP contribution >= 0.6 is 11.6 Å². The summed E-state index contributed by atoms with van der Waals surface area (Å²) in [5.41, 5.74) is -1.69. The largest absolute Gasteiger partial charge is 0.500 e. The van der Waals surface area contributed by atoms with Gasteiger partial charge in [0.05, 0.1) is 11.6 Å². The third-order valence-electron chi connectivity index (χ3n) is 2.48. The summed E-state index contributed by atoms with van der Waals surface area (Å²) in [6.45, 7) is 2.87. The number of carboxylic acid groups (broad SMARTS) is 1. The quantitative estimate of drug-likeness (QED) is 0.227. The molecule has 0 bridgehead atoms. The highest BCUT2D eigenvalue weighted by Gasteiger charge is 2.25. The Bertz CT molecular complexity index is 597. The highest BCUT2D eigenvalue weighted by molar-refractivity contribution is 6.37. The summed E-state index contributed by atoms with van der Waals surface area (Å²) >= 11 is 5.62. The first-order valence-corrected chi connectivity index (χ1v) is 5.92. The molecule has 0 saturated heterocycles. The topological polar surface area (TPSA) is 63.6 Å². The van der Waals surface area contributed by atoms with E-state index in [1.807, 2.05) is 0 Å². The lowest BCUT2D eigenvalue weighted by molar-refractivity contribution is -0.132. The number of hydrogen-bond donors (Lipinski definition) is 1. The third-order valence-corrected chi connectivity index (χ3v) is 2.84. The van der Waals surface area contributed by atoms with E-state index in [0.29, 0.717) is 6.07 Å². The van der Waals surface area contributed by atoms with E-state index in [1.54, 1.807) is 6.92 Å². The zero-order chi connectivity index (χ0) is 15.4. The van der Waals surface area contributed by atoms with Gasteiger partial charge in [0.25, 0.3) is 0 Å². The molecular formula is C13H11ClF2O4. The minimum Gasteiger partial charge on any atom is -0.500 e. The van der Waals surface area contributed by atoms with E-state index in [-0.39, 0.29) is 12.2 Å². The second kappa shape index (κ2) is 6.47. The van der Waals surface area contributed by atoms with Gasteiger partial charge in [0.2, 0.25) is 5.78 Å². The zero-order valence-corrected chi connectivity index (χ0v) is 11.4. The molecule has 0 heterocycles. The summed E-state index contributed by atoms with van der Waals surface area (Å²) in [4.78, 5) is 23.0. The number of benzene rings is 1. The summed E-state index contributed by atoms with van der Waals surface area (Å²) < 4.78 is 31.8. The van der Waals surface area contributed by atoms with Crippen LogP contribution in [0.2, 0.25) is 5.02 Å². The van der Waals surface area contributed by atoms with Gasteiger partial charge < -0.3 is 9.84 Å². The van der Waals surface area contributed by atoms with Crippen molar-refractivity contribution in [3.05, 3.63) is 45.7 Å². The molecule has 0 aliphatic heterocycles. The van der Waals surface area contributed by atoms with Crippen molar-refractivity contribution in [3.8, 4) is 0 Å². The molecule has 108 valence electrons. The number of carbonyl (C=O) groups excluding carboxylic acids is 1. The lowest BCUT2D eigenvalue weighted by atomic mass is 10.0. The number of ketones is 1. The Morgan fingerprint density at radius 3 is 2.55 bits per heavy atom. The molecule has 1 aromatic rings. The van der Waals surface area contributed by atoms with E-state index in [2.05, 4.69) is 0 Å². The van der Waals surface area contributed by atoms with Crippen molar-refractivity contribution < 1.29 is 28.2 Å². The standard InChI is InChI=1S/C13H11ClF2O4/c1-3-20-5-8(13(18)19)12(17)7-4-9(15)6(2)11(16)10(7)14/h4-5H,3H2,1-2H3,(H,18,19)/b8-5-. The van der Waals surface area contributed by atoms with Crippen LogP contribution in [0.5, 0.6) is 0 Å². The third kappa shape index (κ3) is 3.14.